The molecular weight excluding hydrogens is 352 g/mol. The van der Waals surface area contributed by atoms with E-state index >= 15 is 0 Å². The number of allylic oxidation sites excluding steroid dienone is 2. The van der Waals surface area contributed by atoms with Crippen molar-refractivity contribution in [1.29, 1.82) is 0 Å². The Bertz CT molecular complexity index is 819. The number of rotatable bonds is 5. The van der Waals surface area contributed by atoms with Crippen LogP contribution < -0.4 is 4.74 Å². The number of aliphatic hydroxyl groups excluding tert-OH is 1. The molecule has 1 aliphatic rings. The summed E-state index contributed by atoms with van der Waals surface area (Å²) >= 11 is 5.96. The van der Waals surface area contributed by atoms with Gasteiger partial charge in [-0.05, 0) is 63.1 Å². The van der Waals surface area contributed by atoms with Gasteiger partial charge in [0.15, 0.2) is 5.78 Å². The minimum atomic E-state index is -0.551. The number of benzene rings is 1. The average Bonchev–Trinajstić information content (AvgIpc) is 2.63. The lowest BCUT2D eigenvalue weighted by atomic mass is 9.69. The standard InChI is InChI=1S/C21H25ClO4/c1-12-14(3)21(4,20(26-6)13(2)19(12)24)10-9-17(23)16-8-7-15(22)11-18(16)25-5/h7-11,20,24H,1-6H3. The van der Waals surface area contributed by atoms with E-state index in [-0.39, 0.29) is 17.6 Å². The van der Waals surface area contributed by atoms with Gasteiger partial charge in [-0.1, -0.05) is 23.3 Å². The van der Waals surface area contributed by atoms with Crippen molar-refractivity contribution in [1.82, 2.24) is 0 Å². The lowest BCUT2D eigenvalue weighted by Gasteiger charge is -2.40. The summed E-state index contributed by atoms with van der Waals surface area (Å²) in [5, 5.41) is 10.8. The zero-order valence-corrected chi connectivity index (χ0v) is 16.8. The third kappa shape index (κ3) is 3.44. The van der Waals surface area contributed by atoms with Gasteiger partial charge in [0.1, 0.15) is 11.5 Å². The number of aliphatic hydroxyl groups is 1. The Morgan fingerprint density at radius 3 is 2.50 bits per heavy atom. The largest absolute Gasteiger partial charge is 0.508 e. The van der Waals surface area contributed by atoms with Gasteiger partial charge in [-0.15, -0.1) is 0 Å². The maximum absolute atomic E-state index is 12.7. The van der Waals surface area contributed by atoms with Gasteiger partial charge >= 0.3 is 0 Å². The molecule has 0 heterocycles. The molecule has 0 aromatic heterocycles. The van der Waals surface area contributed by atoms with Crippen LogP contribution in [0.2, 0.25) is 5.02 Å². The van der Waals surface area contributed by atoms with Crippen molar-refractivity contribution in [3.05, 3.63) is 63.4 Å². The SMILES string of the molecule is COc1cc(Cl)ccc1C(=O)C=CC1(C)C(C)=C(C)C(O)=C(C)C1OC. The topological polar surface area (TPSA) is 55.8 Å². The molecule has 1 aromatic rings. The molecule has 0 aliphatic heterocycles. The molecule has 2 rings (SSSR count). The first-order chi connectivity index (χ1) is 12.2. The highest BCUT2D eigenvalue weighted by molar-refractivity contribution is 6.31. The highest BCUT2D eigenvalue weighted by atomic mass is 35.5. The average molecular weight is 377 g/mol. The molecule has 0 radical (unpaired) electrons. The fraction of sp³-hybridized carbons (Fsp3) is 0.381. The summed E-state index contributed by atoms with van der Waals surface area (Å²) in [6, 6.07) is 4.92. The van der Waals surface area contributed by atoms with Crippen LogP contribution in [0.25, 0.3) is 0 Å². The normalized spacial score (nSPS) is 23.7. The van der Waals surface area contributed by atoms with Crippen molar-refractivity contribution >= 4 is 17.4 Å². The maximum Gasteiger partial charge on any atom is 0.189 e. The van der Waals surface area contributed by atoms with Gasteiger partial charge in [-0.25, -0.2) is 0 Å². The highest BCUT2D eigenvalue weighted by Crippen LogP contribution is 2.45. The predicted octanol–water partition coefficient (Wildman–Crippen LogP) is 5.29. The fourth-order valence-electron chi connectivity index (χ4n) is 3.49. The molecule has 1 aromatic carbocycles. The number of carbonyl (C=O) groups excluding carboxylic acids is 1. The summed E-state index contributed by atoms with van der Waals surface area (Å²) in [6.45, 7) is 7.66. The molecule has 2 atom stereocenters. The summed E-state index contributed by atoms with van der Waals surface area (Å²) < 4.78 is 10.9. The molecular formula is C21H25ClO4. The molecule has 1 N–H and O–H groups in total. The van der Waals surface area contributed by atoms with E-state index in [0.717, 1.165) is 16.7 Å². The van der Waals surface area contributed by atoms with Crippen LogP contribution in [0, 0.1) is 5.41 Å². The third-order valence-electron chi connectivity index (χ3n) is 5.28. The van der Waals surface area contributed by atoms with Crippen LogP contribution in [0.1, 0.15) is 38.1 Å². The van der Waals surface area contributed by atoms with Crippen LogP contribution in [0.5, 0.6) is 5.75 Å². The van der Waals surface area contributed by atoms with Crippen molar-refractivity contribution < 1.29 is 19.4 Å². The number of halogens is 1. The van der Waals surface area contributed by atoms with E-state index in [2.05, 4.69) is 0 Å². The van der Waals surface area contributed by atoms with E-state index in [1.807, 2.05) is 33.8 Å². The van der Waals surface area contributed by atoms with E-state index in [4.69, 9.17) is 21.1 Å². The Hall–Kier alpha value is -2.04. The van der Waals surface area contributed by atoms with E-state index in [1.165, 1.54) is 13.2 Å². The molecule has 0 bridgehead atoms. The number of ketones is 1. The number of ether oxygens (including phenoxy) is 2. The molecule has 0 spiro atoms. The number of methoxy groups -OCH3 is 2. The number of hydrogen-bond acceptors (Lipinski definition) is 4. The van der Waals surface area contributed by atoms with Gasteiger partial charge in [0.25, 0.3) is 0 Å². The smallest absolute Gasteiger partial charge is 0.189 e. The zero-order valence-electron chi connectivity index (χ0n) is 16.0. The van der Waals surface area contributed by atoms with Crippen molar-refractivity contribution in [3.8, 4) is 5.75 Å². The summed E-state index contributed by atoms with van der Waals surface area (Å²) in [7, 11) is 3.11. The van der Waals surface area contributed by atoms with Gasteiger partial charge in [-0.3, -0.25) is 4.79 Å². The molecule has 0 saturated heterocycles. The summed E-state index contributed by atoms with van der Waals surface area (Å²) in [4.78, 5) is 12.7. The fourth-order valence-corrected chi connectivity index (χ4v) is 3.65. The van der Waals surface area contributed by atoms with E-state index in [0.29, 0.717) is 16.3 Å². The van der Waals surface area contributed by atoms with Crippen LogP contribution in [-0.2, 0) is 4.74 Å². The van der Waals surface area contributed by atoms with Crippen molar-refractivity contribution in [2.75, 3.05) is 14.2 Å². The summed E-state index contributed by atoms with van der Waals surface area (Å²) in [6.07, 6.45) is 3.01. The van der Waals surface area contributed by atoms with E-state index in [9.17, 15) is 9.90 Å². The maximum atomic E-state index is 12.7. The zero-order chi connectivity index (χ0) is 19.6. The van der Waals surface area contributed by atoms with E-state index in [1.54, 1.807) is 25.3 Å². The minimum Gasteiger partial charge on any atom is -0.508 e. The lowest BCUT2D eigenvalue weighted by molar-refractivity contribution is 0.0602. The van der Waals surface area contributed by atoms with Gasteiger partial charge in [0.05, 0.1) is 18.8 Å². The number of hydrogen-bond donors (Lipinski definition) is 1. The van der Waals surface area contributed by atoms with Crippen LogP contribution in [0.15, 0.2) is 52.8 Å². The first kappa shape index (κ1) is 20.3. The predicted molar refractivity (Wildman–Crippen MR) is 104 cm³/mol. The molecule has 0 saturated carbocycles. The van der Waals surface area contributed by atoms with Crippen molar-refractivity contribution in [3.63, 3.8) is 0 Å². The van der Waals surface area contributed by atoms with Crippen LogP contribution in [0.3, 0.4) is 0 Å². The van der Waals surface area contributed by atoms with Crippen LogP contribution >= 0.6 is 11.6 Å². The first-order valence-corrected chi connectivity index (χ1v) is 8.73. The second kappa shape index (κ2) is 7.68. The molecule has 0 fully saturated rings. The molecule has 140 valence electrons. The second-order valence-corrected chi connectivity index (χ2v) is 7.16. The van der Waals surface area contributed by atoms with Crippen LogP contribution in [0.4, 0.5) is 0 Å². The first-order valence-electron chi connectivity index (χ1n) is 8.35. The van der Waals surface area contributed by atoms with Crippen molar-refractivity contribution in [2.24, 2.45) is 5.41 Å². The summed E-state index contributed by atoms with van der Waals surface area (Å²) in [5.74, 6) is 0.504. The minimum absolute atomic E-state index is 0.184. The third-order valence-corrected chi connectivity index (χ3v) is 5.52. The Labute approximate surface area is 159 Å². The van der Waals surface area contributed by atoms with Gasteiger partial charge < -0.3 is 14.6 Å². The van der Waals surface area contributed by atoms with E-state index < -0.39 is 5.41 Å². The van der Waals surface area contributed by atoms with Gasteiger partial charge in [0, 0.05) is 17.5 Å². The monoisotopic (exact) mass is 376 g/mol. The quantitative estimate of drug-likeness (QED) is 0.560. The van der Waals surface area contributed by atoms with Gasteiger partial charge in [0.2, 0.25) is 0 Å². The number of carbonyl (C=O) groups is 1. The van der Waals surface area contributed by atoms with Crippen molar-refractivity contribution in [2.45, 2.75) is 33.8 Å². The highest BCUT2D eigenvalue weighted by Gasteiger charge is 2.41. The summed E-state index contributed by atoms with van der Waals surface area (Å²) in [5.41, 5.74) is 2.40. The Morgan fingerprint density at radius 1 is 1.27 bits per heavy atom. The molecule has 0 amide bonds. The second-order valence-electron chi connectivity index (χ2n) is 6.72. The molecule has 26 heavy (non-hydrogen) atoms. The Balaban J connectivity index is 2.44. The van der Waals surface area contributed by atoms with Crippen LogP contribution in [-0.4, -0.2) is 31.2 Å². The Morgan fingerprint density at radius 2 is 1.92 bits per heavy atom. The molecule has 1 aliphatic carbocycles. The van der Waals surface area contributed by atoms with Gasteiger partial charge in [-0.2, -0.15) is 0 Å². The molecule has 4 nitrogen and oxygen atoms in total. The lowest BCUT2D eigenvalue weighted by Crippen LogP contribution is -2.38. The molecule has 2 unspecified atom stereocenters. The molecule has 5 heteroatoms. The Kier molecular flexibility index (Phi) is 5.99.